The fourth-order valence-electron chi connectivity index (χ4n) is 2.12. The van der Waals surface area contributed by atoms with Crippen molar-refractivity contribution in [3.8, 4) is 5.75 Å². The van der Waals surface area contributed by atoms with E-state index in [-0.39, 0.29) is 17.5 Å². The van der Waals surface area contributed by atoms with Crippen LogP contribution in [-0.4, -0.2) is 16.2 Å². The van der Waals surface area contributed by atoms with Crippen molar-refractivity contribution in [1.82, 2.24) is 5.32 Å². The molecule has 2 aromatic rings. The Balaban J connectivity index is 1.89. The standard InChI is InChI=1S/C17H13FN2O2S/c1-10-4-2-7-13(21)15(10)19-17-20-16(22)14(23-17)9-11-5-3-6-12(18)8-11/h2-9,21H,1H3,(H,19,20,22)/b14-9-. The average molecular weight is 328 g/mol. The molecule has 3 rings (SSSR count). The highest BCUT2D eigenvalue weighted by Gasteiger charge is 2.24. The van der Waals surface area contributed by atoms with Crippen molar-refractivity contribution in [2.24, 2.45) is 4.99 Å². The number of carbonyl (C=O) groups excluding carboxylic acids is 1. The number of benzene rings is 2. The predicted octanol–water partition coefficient (Wildman–Crippen LogP) is 3.73. The molecule has 2 N–H and O–H groups in total. The molecule has 0 bridgehead atoms. The number of rotatable bonds is 2. The smallest absolute Gasteiger partial charge is 0.264 e. The topological polar surface area (TPSA) is 61.7 Å². The van der Waals surface area contributed by atoms with Gasteiger partial charge in [0.15, 0.2) is 5.17 Å². The summed E-state index contributed by atoms with van der Waals surface area (Å²) in [5.74, 6) is -0.609. The van der Waals surface area contributed by atoms with E-state index in [0.29, 0.717) is 21.3 Å². The van der Waals surface area contributed by atoms with Crippen molar-refractivity contribution in [2.45, 2.75) is 6.92 Å². The summed E-state index contributed by atoms with van der Waals surface area (Å²) in [6.07, 6.45) is 1.60. The minimum atomic E-state index is -0.360. The van der Waals surface area contributed by atoms with Crippen LogP contribution in [0.4, 0.5) is 10.1 Å². The third-order valence-corrected chi connectivity index (χ3v) is 4.14. The molecular weight excluding hydrogens is 315 g/mol. The van der Waals surface area contributed by atoms with E-state index >= 15 is 0 Å². The number of hydrogen-bond donors (Lipinski definition) is 2. The molecule has 1 saturated heterocycles. The van der Waals surface area contributed by atoms with Crippen LogP contribution in [0.1, 0.15) is 11.1 Å². The first-order chi connectivity index (χ1) is 11.0. The van der Waals surface area contributed by atoms with Crippen LogP contribution in [0.25, 0.3) is 6.08 Å². The summed E-state index contributed by atoms with van der Waals surface area (Å²) in [5, 5.41) is 12.9. The minimum Gasteiger partial charge on any atom is -0.506 e. The first kappa shape index (κ1) is 15.3. The van der Waals surface area contributed by atoms with Crippen LogP contribution < -0.4 is 5.32 Å². The molecule has 116 valence electrons. The zero-order valence-corrected chi connectivity index (χ0v) is 13.0. The van der Waals surface area contributed by atoms with E-state index in [0.717, 1.165) is 17.3 Å². The molecule has 1 heterocycles. The summed E-state index contributed by atoms with van der Waals surface area (Å²) in [4.78, 5) is 16.7. The highest BCUT2D eigenvalue weighted by atomic mass is 32.2. The van der Waals surface area contributed by atoms with Gasteiger partial charge >= 0.3 is 0 Å². The molecule has 0 aromatic heterocycles. The van der Waals surface area contributed by atoms with Crippen LogP contribution in [-0.2, 0) is 4.79 Å². The van der Waals surface area contributed by atoms with Crippen LogP contribution in [0.3, 0.4) is 0 Å². The number of aliphatic imine (C=N–C) groups is 1. The average Bonchev–Trinajstić information content (AvgIpc) is 2.83. The number of amidine groups is 1. The molecule has 0 atom stereocenters. The van der Waals surface area contributed by atoms with Gasteiger partial charge in [0.25, 0.3) is 5.91 Å². The van der Waals surface area contributed by atoms with Gasteiger partial charge in [-0.3, -0.25) is 4.79 Å². The number of nitrogens with zero attached hydrogens (tertiary/aromatic N) is 1. The van der Waals surface area contributed by atoms with E-state index in [4.69, 9.17) is 0 Å². The number of phenolic OH excluding ortho intramolecular Hbond substituents is 1. The summed E-state index contributed by atoms with van der Waals surface area (Å²) in [7, 11) is 0. The van der Waals surface area contributed by atoms with E-state index in [1.165, 1.54) is 18.2 Å². The molecule has 0 unspecified atom stereocenters. The maximum atomic E-state index is 13.2. The van der Waals surface area contributed by atoms with E-state index < -0.39 is 0 Å². The lowest BCUT2D eigenvalue weighted by molar-refractivity contribution is -0.115. The van der Waals surface area contributed by atoms with Crippen LogP contribution in [0.2, 0.25) is 0 Å². The van der Waals surface area contributed by atoms with Crippen molar-refractivity contribution in [1.29, 1.82) is 0 Å². The van der Waals surface area contributed by atoms with Crippen molar-refractivity contribution in [3.05, 3.63) is 64.3 Å². The zero-order valence-electron chi connectivity index (χ0n) is 12.2. The number of thioether (sulfide) groups is 1. The molecule has 0 saturated carbocycles. The lowest BCUT2D eigenvalue weighted by Gasteiger charge is -2.03. The van der Waals surface area contributed by atoms with E-state index in [1.807, 2.05) is 13.0 Å². The van der Waals surface area contributed by atoms with Gasteiger partial charge in [-0.1, -0.05) is 24.3 Å². The molecule has 1 amide bonds. The van der Waals surface area contributed by atoms with Gasteiger partial charge in [0.05, 0.1) is 4.91 Å². The minimum absolute atomic E-state index is 0.0508. The molecule has 4 nitrogen and oxygen atoms in total. The second kappa shape index (κ2) is 6.26. The third kappa shape index (κ3) is 3.43. The number of nitrogens with one attached hydrogen (secondary N) is 1. The SMILES string of the molecule is Cc1cccc(O)c1N=C1NC(=O)/C(=C/c2cccc(F)c2)S1. The lowest BCUT2D eigenvalue weighted by Crippen LogP contribution is -2.19. The van der Waals surface area contributed by atoms with Gasteiger partial charge in [0, 0.05) is 0 Å². The van der Waals surface area contributed by atoms with Crippen LogP contribution >= 0.6 is 11.8 Å². The number of hydrogen-bond acceptors (Lipinski definition) is 4. The summed E-state index contributed by atoms with van der Waals surface area (Å²) >= 11 is 1.15. The fourth-order valence-corrected chi connectivity index (χ4v) is 2.95. The Morgan fingerprint density at radius 1 is 1.26 bits per heavy atom. The highest BCUT2D eigenvalue weighted by Crippen LogP contribution is 2.33. The van der Waals surface area contributed by atoms with Crippen molar-refractivity contribution >= 4 is 34.6 Å². The Bertz CT molecular complexity index is 826. The molecule has 2 aromatic carbocycles. The summed E-state index contributed by atoms with van der Waals surface area (Å²) in [6, 6.07) is 11.1. The van der Waals surface area contributed by atoms with Crippen LogP contribution in [0.15, 0.2) is 52.4 Å². The molecular formula is C17H13FN2O2S. The van der Waals surface area contributed by atoms with Gasteiger partial charge in [-0.2, -0.15) is 0 Å². The quantitative estimate of drug-likeness (QED) is 0.826. The number of carbonyl (C=O) groups is 1. The van der Waals surface area contributed by atoms with Gasteiger partial charge < -0.3 is 10.4 Å². The Kier molecular flexibility index (Phi) is 4.16. The van der Waals surface area contributed by atoms with Crippen molar-refractivity contribution in [3.63, 3.8) is 0 Å². The first-order valence-electron chi connectivity index (χ1n) is 6.86. The van der Waals surface area contributed by atoms with E-state index in [9.17, 15) is 14.3 Å². The predicted molar refractivity (Wildman–Crippen MR) is 90.0 cm³/mol. The summed E-state index contributed by atoms with van der Waals surface area (Å²) < 4.78 is 13.2. The summed E-state index contributed by atoms with van der Waals surface area (Å²) in [5.41, 5.74) is 1.82. The number of para-hydroxylation sites is 1. The van der Waals surface area contributed by atoms with Crippen molar-refractivity contribution in [2.75, 3.05) is 0 Å². The maximum absolute atomic E-state index is 13.2. The van der Waals surface area contributed by atoms with Crippen LogP contribution in [0, 0.1) is 12.7 Å². The lowest BCUT2D eigenvalue weighted by atomic mass is 10.2. The maximum Gasteiger partial charge on any atom is 0.264 e. The van der Waals surface area contributed by atoms with E-state index in [2.05, 4.69) is 10.3 Å². The van der Waals surface area contributed by atoms with Gasteiger partial charge in [-0.05, 0) is 54.1 Å². The molecule has 1 aliphatic heterocycles. The fraction of sp³-hybridized carbons (Fsp3) is 0.0588. The molecule has 0 aliphatic carbocycles. The molecule has 23 heavy (non-hydrogen) atoms. The first-order valence-corrected chi connectivity index (χ1v) is 7.68. The van der Waals surface area contributed by atoms with Crippen LogP contribution in [0.5, 0.6) is 5.75 Å². The summed E-state index contributed by atoms with van der Waals surface area (Å²) in [6.45, 7) is 1.82. The molecule has 6 heteroatoms. The normalized spacial score (nSPS) is 17.7. The van der Waals surface area contributed by atoms with Gasteiger partial charge in [0.2, 0.25) is 0 Å². The molecule has 0 radical (unpaired) electrons. The molecule has 0 spiro atoms. The second-order valence-corrected chi connectivity index (χ2v) is 6.01. The third-order valence-electron chi connectivity index (χ3n) is 3.23. The number of halogens is 1. The van der Waals surface area contributed by atoms with Gasteiger partial charge in [0.1, 0.15) is 17.3 Å². The van der Waals surface area contributed by atoms with Gasteiger partial charge in [-0.15, -0.1) is 0 Å². The Morgan fingerprint density at radius 2 is 2.04 bits per heavy atom. The van der Waals surface area contributed by atoms with E-state index in [1.54, 1.807) is 24.3 Å². The Morgan fingerprint density at radius 3 is 2.78 bits per heavy atom. The largest absolute Gasteiger partial charge is 0.506 e. The number of aryl methyl sites for hydroxylation is 1. The Hall–Kier alpha value is -2.60. The highest BCUT2D eigenvalue weighted by molar-refractivity contribution is 8.18. The van der Waals surface area contributed by atoms with Gasteiger partial charge in [-0.25, -0.2) is 9.38 Å². The monoisotopic (exact) mass is 328 g/mol. The van der Waals surface area contributed by atoms with Crippen molar-refractivity contribution < 1.29 is 14.3 Å². The molecule has 1 fully saturated rings. The number of phenols is 1. The zero-order chi connectivity index (χ0) is 16.4. The second-order valence-electron chi connectivity index (χ2n) is 4.98. The Labute approximate surface area is 136 Å². The molecule has 1 aliphatic rings. The number of aromatic hydroxyl groups is 1. The number of amides is 1.